The lowest BCUT2D eigenvalue weighted by Crippen LogP contribution is -2.43. The number of unbranched alkanes of at least 4 members (excludes halogenated alkanes) is 1. The molecule has 0 radical (unpaired) electrons. The Bertz CT molecular complexity index is 730. The van der Waals surface area contributed by atoms with Crippen LogP contribution in [0.1, 0.15) is 50.4 Å². The number of ketones is 1. The van der Waals surface area contributed by atoms with E-state index in [-0.39, 0.29) is 30.3 Å². The van der Waals surface area contributed by atoms with E-state index in [1.165, 1.54) is 11.6 Å². The number of carbonyl (C=O) groups excluding carboxylic acids is 2. The van der Waals surface area contributed by atoms with Crippen LogP contribution < -0.4 is 17.0 Å². The Hall–Kier alpha value is -2.38. The smallest absolute Gasteiger partial charge is 0.332 e. The van der Waals surface area contributed by atoms with E-state index in [1.807, 2.05) is 20.8 Å². The number of hydrogen-bond acceptors (Lipinski definition) is 6. The van der Waals surface area contributed by atoms with E-state index >= 15 is 0 Å². The summed E-state index contributed by atoms with van der Waals surface area (Å²) in [4.78, 5) is 48.1. The molecule has 0 aliphatic rings. The molecule has 134 valence electrons. The summed E-state index contributed by atoms with van der Waals surface area (Å²) in [5.74, 6) is -1.31. The summed E-state index contributed by atoms with van der Waals surface area (Å²) < 4.78 is 6.91. The summed E-state index contributed by atoms with van der Waals surface area (Å²) >= 11 is 0. The maximum atomic E-state index is 12.3. The van der Waals surface area contributed by atoms with Crippen molar-refractivity contribution >= 4 is 17.6 Å². The summed E-state index contributed by atoms with van der Waals surface area (Å²) in [5.41, 5.74) is 4.19. The van der Waals surface area contributed by atoms with Crippen LogP contribution in [0.25, 0.3) is 0 Å². The molecule has 24 heavy (non-hydrogen) atoms. The molecule has 0 amide bonds. The van der Waals surface area contributed by atoms with Gasteiger partial charge >= 0.3 is 11.7 Å². The summed E-state index contributed by atoms with van der Waals surface area (Å²) in [6.45, 7) is 5.40. The third kappa shape index (κ3) is 4.56. The quantitative estimate of drug-likeness (QED) is 0.551. The largest absolute Gasteiger partial charge is 0.457 e. The van der Waals surface area contributed by atoms with Crippen LogP contribution in [0, 0.1) is 5.92 Å². The van der Waals surface area contributed by atoms with E-state index in [9.17, 15) is 19.2 Å². The van der Waals surface area contributed by atoms with Crippen LogP contribution >= 0.6 is 0 Å². The van der Waals surface area contributed by atoms with E-state index in [2.05, 4.69) is 0 Å². The van der Waals surface area contributed by atoms with Crippen LogP contribution in [-0.2, 0) is 23.1 Å². The number of anilines is 1. The number of carbonyl (C=O) groups is 2. The van der Waals surface area contributed by atoms with Crippen molar-refractivity contribution in [2.45, 2.75) is 46.6 Å². The fourth-order valence-corrected chi connectivity index (χ4v) is 2.20. The molecule has 0 aliphatic carbocycles. The second kappa shape index (κ2) is 8.47. The summed E-state index contributed by atoms with van der Waals surface area (Å²) in [5, 5.41) is 0. The van der Waals surface area contributed by atoms with Gasteiger partial charge in [0.2, 0.25) is 5.78 Å². The van der Waals surface area contributed by atoms with Crippen LogP contribution in [0.15, 0.2) is 9.59 Å². The first-order chi connectivity index (χ1) is 11.2. The van der Waals surface area contributed by atoms with Gasteiger partial charge in [-0.05, 0) is 12.3 Å². The Morgan fingerprint density at radius 2 is 1.88 bits per heavy atom. The Morgan fingerprint density at radius 3 is 2.42 bits per heavy atom. The molecule has 0 saturated heterocycles. The minimum absolute atomic E-state index is 0.0947. The lowest BCUT2D eigenvalue weighted by Gasteiger charge is -2.16. The zero-order chi connectivity index (χ0) is 18.4. The summed E-state index contributed by atoms with van der Waals surface area (Å²) in [7, 11) is 1.28. The van der Waals surface area contributed by atoms with Gasteiger partial charge in [-0.25, -0.2) is 4.79 Å². The lowest BCUT2D eigenvalue weighted by atomic mass is 10.1. The van der Waals surface area contributed by atoms with E-state index in [0.717, 1.165) is 11.0 Å². The van der Waals surface area contributed by atoms with Gasteiger partial charge in [-0.1, -0.05) is 27.2 Å². The molecule has 8 heteroatoms. The van der Waals surface area contributed by atoms with Crippen molar-refractivity contribution in [3.05, 3.63) is 26.4 Å². The van der Waals surface area contributed by atoms with Crippen molar-refractivity contribution in [3.8, 4) is 0 Å². The van der Waals surface area contributed by atoms with E-state index < -0.39 is 29.6 Å². The van der Waals surface area contributed by atoms with E-state index in [1.54, 1.807) is 0 Å². The number of Topliss-reactive ketones (excluding diaryl/α,β-unsaturated/α-hetero) is 1. The molecule has 1 heterocycles. The molecular formula is C16H25N3O5. The van der Waals surface area contributed by atoms with Crippen molar-refractivity contribution in [1.82, 2.24) is 9.13 Å². The number of aromatic nitrogens is 2. The van der Waals surface area contributed by atoms with Crippen LogP contribution in [0.2, 0.25) is 0 Å². The Labute approximate surface area is 140 Å². The molecule has 8 nitrogen and oxygen atoms in total. The number of ether oxygens (including phenoxy) is 1. The Kier molecular flexibility index (Phi) is 6.94. The highest BCUT2D eigenvalue weighted by atomic mass is 16.5. The summed E-state index contributed by atoms with van der Waals surface area (Å²) in [6, 6.07) is 0. The third-order valence-electron chi connectivity index (χ3n) is 3.51. The first kappa shape index (κ1) is 19.7. The predicted octanol–water partition coefficient (Wildman–Crippen LogP) is 0.701. The highest BCUT2D eigenvalue weighted by molar-refractivity contribution is 6.01. The van der Waals surface area contributed by atoms with Gasteiger partial charge in [0.1, 0.15) is 11.4 Å². The molecule has 0 aromatic carbocycles. The second-order valence-corrected chi connectivity index (χ2v) is 6.10. The third-order valence-corrected chi connectivity index (χ3v) is 3.51. The van der Waals surface area contributed by atoms with Gasteiger partial charge in [-0.15, -0.1) is 0 Å². The maximum Gasteiger partial charge on any atom is 0.332 e. The normalized spacial score (nSPS) is 10.9. The van der Waals surface area contributed by atoms with Crippen molar-refractivity contribution < 1.29 is 14.3 Å². The highest BCUT2D eigenvalue weighted by Gasteiger charge is 2.22. The van der Waals surface area contributed by atoms with Crippen LogP contribution in [0.5, 0.6) is 0 Å². The highest BCUT2D eigenvalue weighted by Crippen LogP contribution is 2.09. The molecule has 0 fully saturated rings. The fourth-order valence-electron chi connectivity index (χ4n) is 2.20. The minimum Gasteiger partial charge on any atom is -0.457 e. The number of nitrogens with zero attached hydrogens (tertiary/aromatic N) is 2. The molecule has 0 bridgehead atoms. The van der Waals surface area contributed by atoms with Gasteiger partial charge in [0, 0.05) is 20.0 Å². The van der Waals surface area contributed by atoms with Gasteiger partial charge in [-0.3, -0.25) is 23.5 Å². The second-order valence-electron chi connectivity index (χ2n) is 6.10. The molecule has 1 rings (SSSR count). The standard InChI is InChI=1S/C16H25N3O5/c1-5-6-7-12(21)24-9-11(20)13-14(17)19(8-10(2)3)16(23)18(4)15(13)22/h10H,5-9,17H2,1-4H3. The number of hydrogen-bond donors (Lipinski definition) is 1. The lowest BCUT2D eigenvalue weighted by molar-refractivity contribution is -0.142. The van der Waals surface area contributed by atoms with Gasteiger partial charge < -0.3 is 10.5 Å². The van der Waals surface area contributed by atoms with Crippen molar-refractivity contribution in [3.63, 3.8) is 0 Å². The van der Waals surface area contributed by atoms with E-state index in [0.29, 0.717) is 6.42 Å². The molecular weight excluding hydrogens is 314 g/mol. The average molecular weight is 339 g/mol. The molecule has 1 aromatic heterocycles. The predicted molar refractivity (Wildman–Crippen MR) is 90.0 cm³/mol. The van der Waals surface area contributed by atoms with Crippen molar-refractivity contribution in [2.75, 3.05) is 12.3 Å². The molecule has 0 unspecified atom stereocenters. The maximum absolute atomic E-state index is 12.3. The Morgan fingerprint density at radius 1 is 1.25 bits per heavy atom. The average Bonchev–Trinajstić information content (AvgIpc) is 2.53. The molecule has 2 N–H and O–H groups in total. The zero-order valence-electron chi connectivity index (χ0n) is 14.6. The minimum atomic E-state index is -0.785. The van der Waals surface area contributed by atoms with E-state index in [4.69, 9.17) is 10.5 Å². The van der Waals surface area contributed by atoms with Gasteiger partial charge in [0.05, 0.1) is 0 Å². The van der Waals surface area contributed by atoms with Crippen LogP contribution in [0.3, 0.4) is 0 Å². The molecule has 0 saturated carbocycles. The first-order valence-electron chi connectivity index (χ1n) is 7.98. The first-order valence-corrected chi connectivity index (χ1v) is 7.98. The molecule has 0 atom stereocenters. The number of rotatable bonds is 8. The van der Waals surface area contributed by atoms with Crippen LogP contribution in [0.4, 0.5) is 5.82 Å². The van der Waals surface area contributed by atoms with Crippen molar-refractivity contribution in [2.24, 2.45) is 13.0 Å². The van der Waals surface area contributed by atoms with Gasteiger partial charge in [0.15, 0.2) is 6.61 Å². The summed E-state index contributed by atoms with van der Waals surface area (Å²) in [6.07, 6.45) is 1.71. The van der Waals surface area contributed by atoms with Gasteiger partial charge in [0.25, 0.3) is 5.56 Å². The molecule has 0 spiro atoms. The zero-order valence-corrected chi connectivity index (χ0v) is 14.6. The van der Waals surface area contributed by atoms with Gasteiger partial charge in [-0.2, -0.15) is 0 Å². The monoisotopic (exact) mass is 339 g/mol. The van der Waals surface area contributed by atoms with Crippen molar-refractivity contribution in [1.29, 1.82) is 0 Å². The SMILES string of the molecule is CCCCC(=O)OCC(=O)c1c(N)n(CC(C)C)c(=O)n(C)c1=O. The number of nitrogen functional groups attached to an aromatic ring is 1. The molecule has 1 aromatic rings. The Balaban J connectivity index is 3.12. The number of nitrogens with two attached hydrogens (primary N) is 1. The fraction of sp³-hybridized carbons (Fsp3) is 0.625. The topological polar surface area (TPSA) is 113 Å². The van der Waals surface area contributed by atoms with Crippen LogP contribution in [-0.4, -0.2) is 27.5 Å². The molecule has 0 aliphatic heterocycles. The number of esters is 1.